The zero-order valence-electron chi connectivity index (χ0n) is 18.8. The van der Waals surface area contributed by atoms with Crippen molar-refractivity contribution in [2.45, 2.75) is 62.5 Å². The summed E-state index contributed by atoms with van der Waals surface area (Å²) in [5.41, 5.74) is 0.566. The molecule has 3 fully saturated rings. The van der Waals surface area contributed by atoms with Crippen LogP contribution in [0.5, 0.6) is 0 Å². The van der Waals surface area contributed by atoms with E-state index in [1.165, 1.54) is 12.1 Å². The summed E-state index contributed by atoms with van der Waals surface area (Å²) in [6.45, 7) is 2.03. The maximum Gasteiger partial charge on any atom is 0.490 e. The molecular formula is C22H27F5N2O5S. The molecule has 2 aliphatic heterocycles. The molecule has 1 atom stereocenters. The number of nitrogens with one attached hydrogen (secondary N) is 1. The molecule has 35 heavy (non-hydrogen) atoms. The highest BCUT2D eigenvalue weighted by Crippen LogP contribution is 2.49. The van der Waals surface area contributed by atoms with E-state index in [1.807, 2.05) is 0 Å². The number of amides is 1. The van der Waals surface area contributed by atoms with Crippen molar-refractivity contribution in [2.75, 3.05) is 18.8 Å². The highest BCUT2D eigenvalue weighted by molar-refractivity contribution is 7.93. The highest BCUT2D eigenvalue weighted by atomic mass is 32.2. The lowest BCUT2D eigenvalue weighted by atomic mass is 9.60. The molecule has 0 aromatic heterocycles. The topological polar surface area (TPSA) is 104 Å². The fourth-order valence-corrected chi connectivity index (χ4v) is 6.74. The fraction of sp³-hybridized carbons (Fsp3) is 0.636. The second-order valence-corrected chi connectivity index (χ2v) is 11.7. The SMILES string of the molecule is O=C(NC1CC2(CCN(Cc3cc(F)ccc3F)CC2)C1)C1CCCS1(=O)=O.O=C(O)C(F)(F)F. The normalized spacial score (nSPS) is 23.7. The Morgan fingerprint density at radius 3 is 2.26 bits per heavy atom. The predicted octanol–water partition coefficient (Wildman–Crippen LogP) is 3.04. The maximum absolute atomic E-state index is 13.8. The number of benzene rings is 1. The van der Waals surface area contributed by atoms with Crippen molar-refractivity contribution in [1.29, 1.82) is 0 Å². The number of carbonyl (C=O) groups is 2. The zero-order valence-corrected chi connectivity index (χ0v) is 19.6. The second-order valence-electron chi connectivity index (χ2n) is 9.43. The molecule has 13 heteroatoms. The first kappa shape index (κ1) is 27.3. The summed E-state index contributed by atoms with van der Waals surface area (Å²) in [5.74, 6) is -3.79. The number of sulfone groups is 1. The molecule has 196 valence electrons. The van der Waals surface area contributed by atoms with Gasteiger partial charge in [0.05, 0.1) is 5.75 Å². The van der Waals surface area contributed by atoms with Gasteiger partial charge in [0.15, 0.2) is 9.84 Å². The van der Waals surface area contributed by atoms with Crippen molar-refractivity contribution >= 4 is 21.7 Å². The lowest BCUT2D eigenvalue weighted by Gasteiger charge is -2.52. The van der Waals surface area contributed by atoms with E-state index in [0.717, 1.165) is 44.8 Å². The Hall–Kier alpha value is -2.28. The van der Waals surface area contributed by atoms with E-state index < -0.39 is 33.1 Å². The van der Waals surface area contributed by atoms with Gasteiger partial charge in [0.1, 0.15) is 16.9 Å². The number of hydrogen-bond donors (Lipinski definition) is 2. The molecule has 2 heterocycles. The molecule has 1 aliphatic carbocycles. The van der Waals surface area contributed by atoms with E-state index in [1.54, 1.807) is 0 Å². The van der Waals surface area contributed by atoms with Gasteiger partial charge in [-0.15, -0.1) is 0 Å². The van der Waals surface area contributed by atoms with Crippen LogP contribution in [0, 0.1) is 17.0 Å². The highest BCUT2D eigenvalue weighted by Gasteiger charge is 2.47. The molecule has 0 radical (unpaired) electrons. The number of carboxylic acid groups (broad SMARTS) is 1. The van der Waals surface area contributed by atoms with Crippen LogP contribution in [0.25, 0.3) is 0 Å². The molecule has 4 rings (SSSR count). The van der Waals surface area contributed by atoms with E-state index in [0.29, 0.717) is 24.9 Å². The smallest absolute Gasteiger partial charge is 0.475 e. The summed E-state index contributed by atoms with van der Waals surface area (Å²) in [7, 11) is -3.27. The summed E-state index contributed by atoms with van der Waals surface area (Å²) in [6, 6.07) is 3.60. The van der Waals surface area contributed by atoms with Gasteiger partial charge in [-0.3, -0.25) is 9.69 Å². The van der Waals surface area contributed by atoms with Crippen molar-refractivity contribution in [1.82, 2.24) is 10.2 Å². The number of carboxylic acids is 1. The van der Waals surface area contributed by atoms with Crippen LogP contribution in [-0.2, 0) is 26.0 Å². The lowest BCUT2D eigenvalue weighted by Crippen LogP contribution is -2.56. The number of piperidine rings is 1. The Labute approximate surface area is 199 Å². The summed E-state index contributed by atoms with van der Waals surface area (Å²) in [4.78, 5) is 23.3. The molecule has 1 unspecified atom stereocenters. The van der Waals surface area contributed by atoms with Crippen molar-refractivity contribution in [2.24, 2.45) is 5.41 Å². The molecule has 1 saturated carbocycles. The molecule has 1 aromatic rings. The molecule has 7 nitrogen and oxygen atoms in total. The number of likely N-dealkylation sites (tertiary alicyclic amines) is 1. The third-order valence-electron chi connectivity index (χ3n) is 6.89. The van der Waals surface area contributed by atoms with Gasteiger partial charge in [-0.1, -0.05) is 0 Å². The third-order valence-corrected chi connectivity index (χ3v) is 9.06. The van der Waals surface area contributed by atoms with Crippen LogP contribution in [0.1, 0.15) is 44.1 Å². The van der Waals surface area contributed by atoms with Crippen molar-refractivity contribution < 1.29 is 45.1 Å². The minimum atomic E-state index is -5.08. The number of aliphatic carboxylic acids is 1. The van der Waals surface area contributed by atoms with Crippen LogP contribution in [-0.4, -0.2) is 66.6 Å². The Morgan fingerprint density at radius 2 is 1.74 bits per heavy atom. The Balaban J connectivity index is 0.000000429. The number of carbonyl (C=O) groups excluding carboxylic acids is 1. The minimum absolute atomic E-state index is 0.0514. The number of nitrogens with zero attached hydrogens (tertiary/aromatic N) is 1. The van der Waals surface area contributed by atoms with E-state index in [-0.39, 0.29) is 28.9 Å². The first-order valence-electron chi connectivity index (χ1n) is 11.2. The number of halogens is 5. The zero-order chi connectivity index (χ0) is 26.0. The molecule has 1 spiro atoms. The Kier molecular flexibility index (Phi) is 8.09. The first-order chi connectivity index (χ1) is 16.2. The average Bonchev–Trinajstić information content (AvgIpc) is 3.10. The predicted molar refractivity (Wildman–Crippen MR) is 115 cm³/mol. The fourth-order valence-electron chi connectivity index (χ4n) is 4.97. The van der Waals surface area contributed by atoms with Gasteiger partial charge in [0.2, 0.25) is 5.91 Å². The first-order valence-corrected chi connectivity index (χ1v) is 12.9. The monoisotopic (exact) mass is 526 g/mol. The third kappa shape index (κ3) is 6.90. The average molecular weight is 527 g/mol. The van der Waals surface area contributed by atoms with Gasteiger partial charge in [-0.05, 0) is 75.2 Å². The standard InChI is InChI=1S/C20H26F2N2O3S.C2HF3O2/c21-15-3-4-17(22)14(10-15)13-24-7-5-20(6-8-24)11-16(12-20)23-19(25)18-2-1-9-28(18,26)27;3-2(4,5)1(6)7/h3-4,10,16,18H,1-2,5-9,11-13H2,(H,23,25);(H,6,7). The summed E-state index contributed by atoms with van der Waals surface area (Å²) >= 11 is 0. The number of alkyl halides is 3. The van der Waals surface area contributed by atoms with Crippen LogP contribution in [0.15, 0.2) is 18.2 Å². The van der Waals surface area contributed by atoms with E-state index in [2.05, 4.69) is 10.2 Å². The molecule has 2 saturated heterocycles. The van der Waals surface area contributed by atoms with E-state index in [9.17, 15) is 35.2 Å². The number of hydrogen-bond acceptors (Lipinski definition) is 5. The van der Waals surface area contributed by atoms with Crippen molar-refractivity contribution in [3.05, 3.63) is 35.4 Å². The van der Waals surface area contributed by atoms with Gasteiger partial charge < -0.3 is 10.4 Å². The van der Waals surface area contributed by atoms with Crippen LogP contribution in [0.3, 0.4) is 0 Å². The van der Waals surface area contributed by atoms with Crippen molar-refractivity contribution in [3.63, 3.8) is 0 Å². The summed E-state index contributed by atoms with van der Waals surface area (Å²) < 4.78 is 82.7. The minimum Gasteiger partial charge on any atom is -0.475 e. The van der Waals surface area contributed by atoms with Gasteiger partial charge in [0, 0.05) is 18.2 Å². The van der Waals surface area contributed by atoms with Crippen LogP contribution in [0.4, 0.5) is 22.0 Å². The maximum atomic E-state index is 13.8. The van der Waals surface area contributed by atoms with Crippen LogP contribution in [0.2, 0.25) is 0 Å². The van der Waals surface area contributed by atoms with Crippen molar-refractivity contribution in [3.8, 4) is 0 Å². The van der Waals surface area contributed by atoms with Gasteiger partial charge in [-0.2, -0.15) is 13.2 Å². The summed E-state index contributed by atoms with van der Waals surface area (Å²) in [5, 5.41) is 9.18. The van der Waals surface area contributed by atoms with Gasteiger partial charge in [-0.25, -0.2) is 22.0 Å². The molecule has 2 N–H and O–H groups in total. The van der Waals surface area contributed by atoms with Crippen LogP contribution >= 0.6 is 0 Å². The Morgan fingerprint density at radius 1 is 1.14 bits per heavy atom. The van der Waals surface area contributed by atoms with Crippen LogP contribution < -0.4 is 5.32 Å². The quantitative estimate of drug-likeness (QED) is 0.585. The molecule has 1 aromatic carbocycles. The molecule has 3 aliphatic rings. The second kappa shape index (κ2) is 10.4. The number of rotatable bonds is 4. The van der Waals surface area contributed by atoms with E-state index in [4.69, 9.17) is 9.90 Å². The lowest BCUT2D eigenvalue weighted by molar-refractivity contribution is -0.192. The van der Waals surface area contributed by atoms with Gasteiger partial charge >= 0.3 is 12.1 Å². The molecular weight excluding hydrogens is 499 g/mol. The molecule has 1 amide bonds. The largest absolute Gasteiger partial charge is 0.490 e. The summed E-state index contributed by atoms with van der Waals surface area (Å²) in [6.07, 6.45) is -0.439. The van der Waals surface area contributed by atoms with Gasteiger partial charge in [0.25, 0.3) is 0 Å². The Bertz CT molecular complexity index is 1050. The molecule has 0 bridgehead atoms. The van der Waals surface area contributed by atoms with E-state index >= 15 is 0 Å².